The number of ether oxygens (including phenoxy) is 1. The van der Waals surface area contributed by atoms with Crippen LogP contribution in [0.5, 0.6) is 5.75 Å². The predicted octanol–water partition coefficient (Wildman–Crippen LogP) is 7.66. The summed E-state index contributed by atoms with van der Waals surface area (Å²) < 4.78 is 5.91. The smallest absolute Gasteiger partial charge is 0.128 e. The maximum atomic E-state index is 6.20. The molecule has 0 aromatic heterocycles. The molecule has 3 aromatic rings. The highest BCUT2D eigenvalue weighted by atomic mass is 35.5. The van der Waals surface area contributed by atoms with Crippen LogP contribution in [0, 0.1) is 0 Å². The van der Waals surface area contributed by atoms with E-state index in [1.807, 2.05) is 6.07 Å². The van der Waals surface area contributed by atoms with Crippen molar-refractivity contribution in [3.8, 4) is 5.75 Å². The summed E-state index contributed by atoms with van der Waals surface area (Å²) in [6.07, 6.45) is 1.62. The van der Waals surface area contributed by atoms with Crippen LogP contribution in [0.4, 0.5) is 0 Å². The second kappa shape index (κ2) is 10.4. The van der Waals surface area contributed by atoms with Gasteiger partial charge in [0, 0.05) is 41.8 Å². The molecule has 29 heavy (non-hydrogen) atoms. The minimum Gasteiger partial charge on any atom is -0.488 e. The van der Waals surface area contributed by atoms with Gasteiger partial charge in [-0.05, 0) is 42.5 Å². The SMILES string of the molecule is Clc1ccc(COc2ccc(Cl)cc2/C=N/NCc2c(Cl)cccc2Cl)c(Cl)c1. The quantitative estimate of drug-likeness (QED) is 0.274. The first-order chi connectivity index (χ1) is 13.9. The molecule has 8 heteroatoms. The minimum absolute atomic E-state index is 0.279. The molecule has 0 aliphatic rings. The third-order valence-corrected chi connectivity index (χ3v) is 5.51. The molecule has 0 atom stereocenters. The third-order valence-electron chi connectivity index (χ3n) is 3.98. The van der Waals surface area contributed by atoms with E-state index >= 15 is 0 Å². The van der Waals surface area contributed by atoms with Gasteiger partial charge < -0.3 is 10.2 Å². The molecule has 0 fully saturated rings. The number of rotatable bonds is 7. The summed E-state index contributed by atoms with van der Waals surface area (Å²) in [5.74, 6) is 0.613. The van der Waals surface area contributed by atoms with E-state index in [-0.39, 0.29) is 6.61 Å². The molecule has 0 heterocycles. The van der Waals surface area contributed by atoms with Crippen molar-refractivity contribution in [2.45, 2.75) is 13.2 Å². The Morgan fingerprint density at radius 1 is 0.828 bits per heavy atom. The Morgan fingerprint density at radius 3 is 2.24 bits per heavy atom. The van der Waals surface area contributed by atoms with E-state index in [4.69, 9.17) is 62.7 Å². The lowest BCUT2D eigenvalue weighted by Gasteiger charge is -2.11. The van der Waals surface area contributed by atoms with Crippen molar-refractivity contribution in [1.29, 1.82) is 0 Å². The maximum absolute atomic E-state index is 6.20. The van der Waals surface area contributed by atoms with Crippen molar-refractivity contribution < 1.29 is 4.74 Å². The van der Waals surface area contributed by atoms with E-state index in [1.54, 1.807) is 54.7 Å². The summed E-state index contributed by atoms with van der Waals surface area (Å²) in [6, 6.07) is 15.9. The van der Waals surface area contributed by atoms with Crippen molar-refractivity contribution in [2.24, 2.45) is 5.10 Å². The second-order valence-electron chi connectivity index (χ2n) is 6.00. The van der Waals surface area contributed by atoms with Gasteiger partial charge in [-0.15, -0.1) is 0 Å². The normalized spacial score (nSPS) is 11.1. The van der Waals surface area contributed by atoms with Gasteiger partial charge in [-0.1, -0.05) is 70.1 Å². The lowest BCUT2D eigenvalue weighted by molar-refractivity contribution is 0.306. The van der Waals surface area contributed by atoms with Gasteiger partial charge in [0.2, 0.25) is 0 Å². The van der Waals surface area contributed by atoms with E-state index < -0.39 is 0 Å². The first kappa shape index (κ1) is 22.1. The van der Waals surface area contributed by atoms with Gasteiger partial charge in [-0.2, -0.15) is 5.10 Å². The summed E-state index contributed by atoms with van der Waals surface area (Å²) in [6.45, 7) is 0.660. The summed E-state index contributed by atoms with van der Waals surface area (Å²) in [5, 5.41) is 7.06. The van der Waals surface area contributed by atoms with Gasteiger partial charge in [0.1, 0.15) is 12.4 Å². The standard InChI is InChI=1S/C21H15Cl5N2O/c22-15-6-7-21(29-12-13-4-5-16(23)9-20(13)26)14(8-15)10-27-28-11-17-18(24)2-1-3-19(17)25/h1-10,28H,11-12H2/b27-10+. The van der Waals surface area contributed by atoms with Crippen LogP contribution in [0.3, 0.4) is 0 Å². The molecule has 0 saturated heterocycles. The molecule has 0 aliphatic carbocycles. The fourth-order valence-electron chi connectivity index (χ4n) is 2.49. The molecule has 0 spiro atoms. The zero-order valence-electron chi connectivity index (χ0n) is 14.9. The van der Waals surface area contributed by atoms with Gasteiger partial charge in [-0.3, -0.25) is 0 Å². The number of hydrazone groups is 1. The van der Waals surface area contributed by atoms with E-state index in [0.29, 0.717) is 43.0 Å². The zero-order valence-corrected chi connectivity index (χ0v) is 18.7. The van der Waals surface area contributed by atoms with Crippen molar-refractivity contribution in [2.75, 3.05) is 0 Å². The molecule has 0 bridgehead atoms. The van der Waals surface area contributed by atoms with Gasteiger partial charge in [0.25, 0.3) is 0 Å². The topological polar surface area (TPSA) is 33.6 Å². The Kier molecular flexibility index (Phi) is 7.93. The summed E-state index contributed by atoms with van der Waals surface area (Å²) >= 11 is 30.6. The van der Waals surface area contributed by atoms with E-state index in [1.165, 1.54) is 0 Å². The van der Waals surface area contributed by atoms with Crippen molar-refractivity contribution >= 4 is 64.2 Å². The van der Waals surface area contributed by atoms with Gasteiger partial charge in [0.05, 0.1) is 12.8 Å². The molecule has 0 unspecified atom stereocenters. The highest BCUT2D eigenvalue weighted by Gasteiger charge is 2.07. The van der Waals surface area contributed by atoms with Gasteiger partial charge >= 0.3 is 0 Å². The Labute approximate surface area is 194 Å². The molecular formula is C21H15Cl5N2O. The fourth-order valence-corrected chi connectivity index (χ4v) is 3.66. The lowest BCUT2D eigenvalue weighted by Crippen LogP contribution is -2.07. The highest BCUT2D eigenvalue weighted by molar-refractivity contribution is 6.36. The van der Waals surface area contributed by atoms with Crippen LogP contribution in [0.15, 0.2) is 59.7 Å². The van der Waals surface area contributed by atoms with Crippen LogP contribution in [0.25, 0.3) is 0 Å². The van der Waals surface area contributed by atoms with Gasteiger partial charge in [-0.25, -0.2) is 0 Å². The van der Waals surface area contributed by atoms with Crippen molar-refractivity contribution in [3.63, 3.8) is 0 Å². The largest absolute Gasteiger partial charge is 0.488 e. The van der Waals surface area contributed by atoms with Crippen LogP contribution < -0.4 is 10.2 Å². The highest BCUT2D eigenvalue weighted by Crippen LogP contribution is 2.26. The molecule has 0 amide bonds. The number of hydrogen-bond donors (Lipinski definition) is 1. The second-order valence-corrected chi connectivity index (χ2v) is 8.09. The maximum Gasteiger partial charge on any atom is 0.128 e. The Hall–Kier alpha value is -1.62. The van der Waals surface area contributed by atoms with Crippen LogP contribution in [0.1, 0.15) is 16.7 Å². The summed E-state index contributed by atoms with van der Waals surface area (Å²) in [7, 11) is 0. The molecule has 0 saturated carbocycles. The van der Waals surface area contributed by atoms with Crippen LogP contribution in [-0.2, 0) is 13.2 Å². The number of nitrogens with zero attached hydrogens (tertiary/aromatic N) is 1. The first-order valence-electron chi connectivity index (χ1n) is 8.49. The molecule has 1 N–H and O–H groups in total. The van der Waals surface area contributed by atoms with E-state index in [0.717, 1.165) is 11.1 Å². The molecule has 3 aromatic carbocycles. The van der Waals surface area contributed by atoms with E-state index in [9.17, 15) is 0 Å². The average Bonchev–Trinajstić information content (AvgIpc) is 2.67. The van der Waals surface area contributed by atoms with Crippen molar-refractivity contribution in [1.82, 2.24) is 5.43 Å². The third kappa shape index (κ3) is 6.18. The van der Waals surface area contributed by atoms with Crippen LogP contribution in [0.2, 0.25) is 25.1 Å². The molecule has 0 aliphatic heterocycles. The Balaban J connectivity index is 1.69. The number of nitrogens with one attached hydrogen (secondary N) is 1. The fraction of sp³-hybridized carbons (Fsp3) is 0.0952. The Bertz CT molecular complexity index is 1020. The van der Waals surface area contributed by atoms with Crippen molar-refractivity contribution in [3.05, 3.63) is 96.4 Å². The predicted molar refractivity (Wildman–Crippen MR) is 123 cm³/mol. The van der Waals surface area contributed by atoms with Crippen LogP contribution >= 0.6 is 58.0 Å². The summed E-state index contributed by atoms with van der Waals surface area (Å²) in [4.78, 5) is 0. The van der Waals surface area contributed by atoms with Gasteiger partial charge in [0.15, 0.2) is 0 Å². The van der Waals surface area contributed by atoms with E-state index in [2.05, 4.69) is 10.5 Å². The lowest BCUT2D eigenvalue weighted by atomic mass is 10.2. The molecule has 0 radical (unpaired) electrons. The van der Waals surface area contributed by atoms with Crippen LogP contribution in [-0.4, -0.2) is 6.21 Å². The minimum atomic E-state index is 0.279. The number of halogens is 5. The first-order valence-corrected chi connectivity index (χ1v) is 10.4. The zero-order chi connectivity index (χ0) is 20.8. The monoisotopic (exact) mass is 486 g/mol. The molecular weight excluding hydrogens is 474 g/mol. The number of hydrogen-bond acceptors (Lipinski definition) is 3. The summed E-state index contributed by atoms with van der Waals surface area (Å²) in [5.41, 5.74) is 5.23. The average molecular weight is 489 g/mol. The number of benzene rings is 3. The Morgan fingerprint density at radius 2 is 1.52 bits per heavy atom. The molecule has 150 valence electrons. The molecule has 3 rings (SSSR count). The molecule has 3 nitrogen and oxygen atoms in total.